The van der Waals surface area contributed by atoms with Crippen LogP contribution in [0.5, 0.6) is 0 Å². The standard InChI is InChI=1S/C82H160O17P2/c1-9-75(8)61-53-45-40-41-47-55-63-80(85)93-69-78(99-82(87)64-56-48-38-32-26-20-12-10-11-16-22-28-34-42-50-58-72(2)3)71-97-101(90,91)95-67-76(83)66-94-100(88,89)96-70-77(98-81(86)65-57-49-39-33-27-21-15-18-24-30-36-44-52-60-74(6)7)68-92-79(84)62-54-46-37-31-25-19-14-13-17-23-29-35-43-51-59-73(4)5/h72-78,83H,9-71H2,1-8H3,(H,88,89)(H,90,91)/t75?,76-,77-,78-/m1/s1. The van der Waals surface area contributed by atoms with Gasteiger partial charge >= 0.3 is 39.5 Å². The molecular weight excluding hydrogens is 1320 g/mol. The Kier molecular flexibility index (Phi) is 69.6. The third kappa shape index (κ3) is 74.7. The summed E-state index contributed by atoms with van der Waals surface area (Å²) in [4.78, 5) is 73.1. The summed E-state index contributed by atoms with van der Waals surface area (Å²) in [6, 6.07) is 0. The molecule has 0 aromatic rings. The van der Waals surface area contributed by atoms with Crippen molar-refractivity contribution < 1.29 is 80.2 Å². The monoisotopic (exact) mass is 1480 g/mol. The highest BCUT2D eigenvalue weighted by molar-refractivity contribution is 7.47. The molecule has 0 fully saturated rings. The van der Waals surface area contributed by atoms with Crippen molar-refractivity contribution in [3.05, 3.63) is 0 Å². The van der Waals surface area contributed by atoms with E-state index in [4.69, 9.17) is 37.0 Å². The van der Waals surface area contributed by atoms with Crippen LogP contribution in [-0.4, -0.2) is 96.7 Å². The average molecular weight is 1480 g/mol. The van der Waals surface area contributed by atoms with Gasteiger partial charge in [-0.25, -0.2) is 9.13 Å². The summed E-state index contributed by atoms with van der Waals surface area (Å²) in [5.41, 5.74) is 0. The molecule has 0 aliphatic carbocycles. The molecule has 0 bridgehead atoms. The fourth-order valence-corrected chi connectivity index (χ4v) is 14.2. The summed E-state index contributed by atoms with van der Waals surface area (Å²) in [5.74, 6) is 1.01. The summed E-state index contributed by atoms with van der Waals surface area (Å²) in [6.07, 6.45) is 58.3. The fourth-order valence-electron chi connectivity index (χ4n) is 12.6. The van der Waals surface area contributed by atoms with Crippen LogP contribution in [0.1, 0.15) is 421 Å². The summed E-state index contributed by atoms with van der Waals surface area (Å²) < 4.78 is 68.8. The van der Waals surface area contributed by atoms with E-state index in [9.17, 15) is 43.2 Å². The third-order valence-corrected chi connectivity index (χ3v) is 21.3. The maximum Gasteiger partial charge on any atom is 0.472 e. The van der Waals surface area contributed by atoms with Crippen molar-refractivity contribution in [1.82, 2.24) is 0 Å². The minimum absolute atomic E-state index is 0.107. The van der Waals surface area contributed by atoms with Gasteiger partial charge in [0, 0.05) is 25.7 Å². The van der Waals surface area contributed by atoms with E-state index in [1.807, 2.05) is 0 Å². The molecule has 0 aliphatic rings. The van der Waals surface area contributed by atoms with Gasteiger partial charge in [-0.05, 0) is 49.4 Å². The fraction of sp³-hybridized carbons (Fsp3) is 0.951. The maximum absolute atomic E-state index is 13.1. The second kappa shape index (κ2) is 71.0. The van der Waals surface area contributed by atoms with Crippen LogP contribution < -0.4 is 0 Å². The first-order valence-corrected chi connectivity index (χ1v) is 45.2. The number of ether oxygens (including phenoxy) is 4. The molecule has 0 aromatic carbocycles. The van der Waals surface area contributed by atoms with E-state index in [1.165, 1.54) is 218 Å². The zero-order chi connectivity index (χ0) is 74.6. The molecular formula is C82H160O17P2. The van der Waals surface area contributed by atoms with E-state index in [-0.39, 0.29) is 25.7 Å². The molecule has 0 aromatic heterocycles. The minimum Gasteiger partial charge on any atom is -0.462 e. The number of phosphoric ester groups is 2. The third-order valence-electron chi connectivity index (χ3n) is 19.4. The zero-order valence-corrected chi connectivity index (χ0v) is 68.3. The predicted octanol–water partition coefficient (Wildman–Crippen LogP) is 24.4. The lowest BCUT2D eigenvalue weighted by atomic mass is 10.00. The molecule has 0 heterocycles. The van der Waals surface area contributed by atoms with E-state index in [0.29, 0.717) is 25.7 Å². The molecule has 0 amide bonds. The van der Waals surface area contributed by atoms with Crippen LogP contribution in [0.4, 0.5) is 0 Å². The van der Waals surface area contributed by atoms with Crippen LogP contribution in [0.15, 0.2) is 0 Å². The number of aliphatic hydroxyl groups excluding tert-OH is 1. The topological polar surface area (TPSA) is 237 Å². The molecule has 3 unspecified atom stereocenters. The highest BCUT2D eigenvalue weighted by Crippen LogP contribution is 2.45. The molecule has 0 spiro atoms. The lowest BCUT2D eigenvalue weighted by Gasteiger charge is -2.21. The van der Waals surface area contributed by atoms with Gasteiger partial charge in [0.1, 0.15) is 19.3 Å². The smallest absolute Gasteiger partial charge is 0.462 e. The van der Waals surface area contributed by atoms with Gasteiger partial charge in [0.2, 0.25) is 0 Å². The van der Waals surface area contributed by atoms with Crippen molar-refractivity contribution in [2.24, 2.45) is 23.7 Å². The van der Waals surface area contributed by atoms with Gasteiger partial charge in [0.25, 0.3) is 0 Å². The van der Waals surface area contributed by atoms with Crippen molar-refractivity contribution in [2.45, 2.75) is 440 Å². The Labute approximate surface area is 619 Å². The minimum atomic E-state index is -4.96. The number of hydrogen-bond acceptors (Lipinski definition) is 15. The van der Waals surface area contributed by atoms with Crippen LogP contribution in [0.2, 0.25) is 0 Å². The molecule has 600 valence electrons. The molecule has 19 heteroatoms. The summed E-state index contributed by atoms with van der Waals surface area (Å²) in [5, 5.41) is 10.7. The SMILES string of the molecule is CCC(C)CCCCCCCCC(=O)OC[C@H](COP(=O)(O)OC[C@H](O)COP(=O)(O)OC[C@@H](COC(=O)CCCCCCCCCCCCCCCCC(C)C)OC(=O)CCCCCCCCCCCCCCCC(C)C)OC(=O)CCCCCCCCCCCCCCCCCC(C)C. The normalized spacial score (nSPS) is 14.3. The number of hydrogen-bond donors (Lipinski definition) is 3. The number of phosphoric acid groups is 2. The second-order valence-electron chi connectivity index (χ2n) is 31.2. The molecule has 0 radical (unpaired) electrons. The highest BCUT2D eigenvalue weighted by Gasteiger charge is 2.30. The van der Waals surface area contributed by atoms with Gasteiger partial charge in [-0.15, -0.1) is 0 Å². The Morgan fingerprint density at radius 2 is 0.475 bits per heavy atom. The lowest BCUT2D eigenvalue weighted by molar-refractivity contribution is -0.161. The van der Waals surface area contributed by atoms with E-state index < -0.39 is 97.5 Å². The Morgan fingerprint density at radius 1 is 0.277 bits per heavy atom. The van der Waals surface area contributed by atoms with Gasteiger partial charge in [-0.3, -0.25) is 37.3 Å². The molecule has 6 atom stereocenters. The number of aliphatic hydroxyl groups is 1. The summed E-state index contributed by atoms with van der Waals surface area (Å²) in [6.45, 7) is 14.3. The van der Waals surface area contributed by atoms with Gasteiger partial charge < -0.3 is 33.8 Å². The molecule has 0 rings (SSSR count). The van der Waals surface area contributed by atoms with Crippen molar-refractivity contribution in [3.63, 3.8) is 0 Å². The molecule has 0 saturated heterocycles. The zero-order valence-electron chi connectivity index (χ0n) is 66.5. The van der Waals surface area contributed by atoms with Crippen LogP contribution >= 0.6 is 15.6 Å². The Morgan fingerprint density at radius 3 is 0.703 bits per heavy atom. The first-order chi connectivity index (χ1) is 48.6. The van der Waals surface area contributed by atoms with Gasteiger partial charge in [0.15, 0.2) is 12.2 Å². The van der Waals surface area contributed by atoms with Crippen LogP contribution in [0.3, 0.4) is 0 Å². The number of unbranched alkanes of at least 4 members (excludes halogenated alkanes) is 44. The average Bonchev–Trinajstić information content (AvgIpc) is 0.951. The highest BCUT2D eigenvalue weighted by atomic mass is 31.2. The van der Waals surface area contributed by atoms with Crippen LogP contribution in [0.25, 0.3) is 0 Å². The van der Waals surface area contributed by atoms with Crippen molar-refractivity contribution in [1.29, 1.82) is 0 Å². The van der Waals surface area contributed by atoms with Crippen molar-refractivity contribution in [3.8, 4) is 0 Å². The van der Waals surface area contributed by atoms with E-state index in [0.717, 1.165) is 120 Å². The van der Waals surface area contributed by atoms with E-state index in [1.54, 1.807) is 0 Å². The van der Waals surface area contributed by atoms with Gasteiger partial charge in [0.05, 0.1) is 26.4 Å². The maximum atomic E-state index is 13.1. The van der Waals surface area contributed by atoms with Gasteiger partial charge in [-0.2, -0.15) is 0 Å². The number of carbonyl (C=O) groups excluding carboxylic acids is 4. The molecule has 17 nitrogen and oxygen atoms in total. The first-order valence-electron chi connectivity index (χ1n) is 42.2. The Bertz CT molecular complexity index is 1970. The summed E-state index contributed by atoms with van der Waals surface area (Å²) in [7, 11) is -9.92. The largest absolute Gasteiger partial charge is 0.472 e. The lowest BCUT2D eigenvalue weighted by Crippen LogP contribution is -2.30. The van der Waals surface area contributed by atoms with E-state index in [2.05, 4.69) is 55.4 Å². The molecule has 0 saturated carbocycles. The Hall–Kier alpha value is -1.94. The van der Waals surface area contributed by atoms with Crippen molar-refractivity contribution in [2.75, 3.05) is 39.6 Å². The van der Waals surface area contributed by atoms with Crippen LogP contribution in [0, 0.1) is 23.7 Å². The first kappa shape index (κ1) is 99.1. The van der Waals surface area contributed by atoms with Gasteiger partial charge in [-0.1, -0.05) is 370 Å². The quantitative estimate of drug-likeness (QED) is 0.0222. The van der Waals surface area contributed by atoms with Crippen molar-refractivity contribution >= 4 is 39.5 Å². The Balaban J connectivity index is 5.24. The molecule has 3 N–H and O–H groups in total. The predicted molar refractivity (Wildman–Crippen MR) is 414 cm³/mol. The number of rotatable bonds is 79. The van der Waals surface area contributed by atoms with Crippen LogP contribution in [-0.2, 0) is 65.4 Å². The number of carbonyl (C=O) groups is 4. The molecule has 0 aliphatic heterocycles. The summed E-state index contributed by atoms with van der Waals surface area (Å²) >= 11 is 0. The number of esters is 4. The molecule has 101 heavy (non-hydrogen) atoms. The second-order valence-corrected chi connectivity index (χ2v) is 34.1. The van der Waals surface area contributed by atoms with E-state index >= 15 is 0 Å².